The Hall–Kier alpha value is -1.26. The van der Waals surface area contributed by atoms with E-state index in [9.17, 15) is 0 Å². The summed E-state index contributed by atoms with van der Waals surface area (Å²) < 4.78 is 0. The van der Waals surface area contributed by atoms with Crippen LogP contribution in [0.4, 0.5) is 0 Å². The third-order valence-electron chi connectivity index (χ3n) is 2.75. The Bertz CT molecular complexity index is 329. The fourth-order valence-corrected chi connectivity index (χ4v) is 2.04. The molecule has 3 aliphatic rings. The first-order chi connectivity index (χ1) is 6.93. The van der Waals surface area contributed by atoms with Crippen LogP contribution in [-0.2, 0) is 0 Å². The number of allylic oxidation sites excluding steroid dienone is 2. The SMILES string of the molecule is C1=CNC2NC3NCCNC3=CC2=C1. The number of fused-ring (bicyclic) bond motifs is 2. The van der Waals surface area contributed by atoms with Crippen molar-refractivity contribution in [3.05, 3.63) is 35.7 Å². The van der Waals surface area contributed by atoms with Gasteiger partial charge in [-0.2, -0.15) is 0 Å². The van der Waals surface area contributed by atoms with Crippen LogP contribution in [-0.4, -0.2) is 25.4 Å². The molecule has 3 rings (SSSR count). The van der Waals surface area contributed by atoms with Gasteiger partial charge in [0.2, 0.25) is 0 Å². The summed E-state index contributed by atoms with van der Waals surface area (Å²) in [5.74, 6) is 0. The first-order valence-electron chi connectivity index (χ1n) is 5.01. The molecule has 0 aliphatic carbocycles. The zero-order chi connectivity index (χ0) is 9.38. The van der Waals surface area contributed by atoms with Gasteiger partial charge in [0.25, 0.3) is 0 Å². The summed E-state index contributed by atoms with van der Waals surface area (Å²) in [6.45, 7) is 2.02. The van der Waals surface area contributed by atoms with Gasteiger partial charge in [-0.1, -0.05) is 6.08 Å². The Labute approximate surface area is 83.1 Å². The smallest absolute Gasteiger partial charge is 0.104 e. The van der Waals surface area contributed by atoms with E-state index in [2.05, 4.69) is 33.4 Å². The van der Waals surface area contributed by atoms with Crippen molar-refractivity contribution < 1.29 is 0 Å². The van der Waals surface area contributed by atoms with Gasteiger partial charge in [0.1, 0.15) is 12.3 Å². The van der Waals surface area contributed by atoms with Gasteiger partial charge in [0.15, 0.2) is 0 Å². The van der Waals surface area contributed by atoms with Crippen LogP contribution in [0.5, 0.6) is 0 Å². The molecule has 4 N–H and O–H groups in total. The first kappa shape index (κ1) is 8.08. The molecular formula is C10H14N4. The molecule has 1 fully saturated rings. The van der Waals surface area contributed by atoms with E-state index in [0.29, 0.717) is 0 Å². The maximum absolute atomic E-state index is 3.48. The van der Waals surface area contributed by atoms with Gasteiger partial charge in [-0.15, -0.1) is 0 Å². The number of piperazine rings is 1. The lowest BCUT2D eigenvalue weighted by Crippen LogP contribution is -2.61. The highest BCUT2D eigenvalue weighted by Gasteiger charge is 2.27. The van der Waals surface area contributed by atoms with Crippen molar-refractivity contribution in [1.29, 1.82) is 0 Å². The van der Waals surface area contributed by atoms with Crippen molar-refractivity contribution in [3.8, 4) is 0 Å². The standard InChI is InChI=1S/C10H14N4/c1-2-7-6-8-10(13-5-4-11-8)14-9(7)12-3-1/h1-3,6,9-14H,4-5H2. The summed E-state index contributed by atoms with van der Waals surface area (Å²) in [4.78, 5) is 0. The molecule has 0 spiro atoms. The van der Waals surface area contributed by atoms with Gasteiger partial charge in [-0.3, -0.25) is 10.6 Å². The van der Waals surface area contributed by atoms with Gasteiger partial charge in [-0.25, -0.2) is 0 Å². The molecule has 0 bridgehead atoms. The van der Waals surface area contributed by atoms with Crippen molar-refractivity contribution in [2.24, 2.45) is 0 Å². The molecule has 0 aromatic carbocycles. The van der Waals surface area contributed by atoms with E-state index < -0.39 is 0 Å². The van der Waals surface area contributed by atoms with E-state index in [1.807, 2.05) is 12.3 Å². The zero-order valence-corrected chi connectivity index (χ0v) is 7.88. The topological polar surface area (TPSA) is 48.1 Å². The molecule has 0 saturated carbocycles. The van der Waals surface area contributed by atoms with Crippen molar-refractivity contribution in [2.45, 2.75) is 12.3 Å². The minimum absolute atomic E-state index is 0.251. The lowest BCUT2D eigenvalue weighted by Gasteiger charge is -2.38. The molecule has 4 nitrogen and oxygen atoms in total. The molecule has 0 amide bonds. The molecule has 2 unspecified atom stereocenters. The molecule has 14 heavy (non-hydrogen) atoms. The van der Waals surface area contributed by atoms with Crippen LogP contribution in [0.1, 0.15) is 0 Å². The Morgan fingerprint density at radius 2 is 2.21 bits per heavy atom. The number of hydrogen-bond acceptors (Lipinski definition) is 4. The highest BCUT2D eigenvalue weighted by molar-refractivity contribution is 5.38. The fourth-order valence-electron chi connectivity index (χ4n) is 2.04. The molecule has 2 atom stereocenters. The van der Waals surface area contributed by atoms with Crippen LogP contribution >= 0.6 is 0 Å². The lowest BCUT2D eigenvalue weighted by atomic mass is 10.0. The zero-order valence-electron chi connectivity index (χ0n) is 7.88. The molecule has 3 heterocycles. The number of nitrogens with one attached hydrogen (secondary N) is 4. The summed E-state index contributed by atoms with van der Waals surface area (Å²) >= 11 is 0. The van der Waals surface area contributed by atoms with Crippen molar-refractivity contribution in [3.63, 3.8) is 0 Å². The summed E-state index contributed by atoms with van der Waals surface area (Å²) in [7, 11) is 0. The van der Waals surface area contributed by atoms with Crippen molar-refractivity contribution in [2.75, 3.05) is 13.1 Å². The molecular weight excluding hydrogens is 176 g/mol. The monoisotopic (exact) mass is 190 g/mol. The Morgan fingerprint density at radius 3 is 3.21 bits per heavy atom. The van der Waals surface area contributed by atoms with E-state index in [4.69, 9.17) is 0 Å². The Balaban J connectivity index is 1.92. The quantitative estimate of drug-likeness (QED) is 0.410. The number of rotatable bonds is 0. The van der Waals surface area contributed by atoms with E-state index in [-0.39, 0.29) is 12.3 Å². The summed E-state index contributed by atoms with van der Waals surface area (Å²) in [5.41, 5.74) is 2.53. The van der Waals surface area contributed by atoms with Gasteiger partial charge in [0, 0.05) is 18.8 Å². The van der Waals surface area contributed by atoms with E-state index >= 15 is 0 Å². The molecule has 0 radical (unpaired) electrons. The van der Waals surface area contributed by atoms with Gasteiger partial charge in [-0.05, 0) is 23.9 Å². The van der Waals surface area contributed by atoms with Crippen LogP contribution in [0, 0.1) is 0 Å². The third kappa shape index (κ3) is 1.23. The summed E-state index contributed by atoms with van der Waals surface area (Å²) in [6.07, 6.45) is 8.87. The van der Waals surface area contributed by atoms with E-state index in [0.717, 1.165) is 13.1 Å². The van der Waals surface area contributed by atoms with Gasteiger partial charge >= 0.3 is 0 Å². The number of hydrogen-bond donors (Lipinski definition) is 4. The fraction of sp³-hybridized carbons (Fsp3) is 0.400. The molecule has 0 aromatic heterocycles. The van der Waals surface area contributed by atoms with Crippen molar-refractivity contribution >= 4 is 0 Å². The summed E-state index contributed by atoms with van der Waals surface area (Å²) in [5, 5.41) is 13.6. The normalized spacial score (nSPS) is 34.3. The highest BCUT2D eigenvalue weighted by atomic mass is 15.3. The lowest BCUT2D eigenvalue weighted by molar-refractivity contribution is 0.358. The second-order valence-electron chi connectivity index (χ2n) is 3.71. The molecule has 4 heteroatoms. The molecule has 74 valence electrons. The maximum atomic E-state index is 3.48. The minimum Gasteiger partial charge on any atom is -0.385 e. The largest absolute Gasteiger partial charge is 0.385 e. The second kappa shape index (κ2) is 3.15. The number of dihydropyridines is 1. The van der Waals surface area contributed by atoms with Crippen molar-refractivity contribution in [1.82, 2.24) is 21.3 Å². The van der Waals surface area contributed by atoms with Crippen LogP contribution < -0.4 is 21.3 Å². The summed E-state index contributed by atoms with van der Waals surface area (Å²) in [6, 6.07) is 0. The highest BCUT2D eigenvalue weighted by Crippen LogP contribution is 2.17. The predicted octanol–water partition coefficient (Wildman–Crippen LogP) is -0.638. The average Bonchev–Trinajstić information content (AvgIpc) is 2.26. The van der Waals surface area contributed by atoms with Crippen LogP contribution in [0.25, 0.3) is 0 Å². The first-order valence-corrected chi connectivity index (χ1v) is 5.01. The maximum Gasteiger partial charge on any atom is 0.104 e. The van der Waals surface area contributed by atoms with Crippen LogP contribution in [0.15, 0.2) is 35.7 Å². The second-order valence-corrected chi connectivity index (χ2v) is 3.71. The van der Waals surface area contributed by atoms with Gasteiger partial charge in [0.05, 0.1) is 0 Å². The van der Waals surface area contributed by atoms with E-state index in [1.54, 1.807) is 0 Å². The predicted molar refractivity (Wildman–Crippen MR) is 55.2 cm³/mol. The Morgan fingerprint density at radius 1 is 1.21 bits per heavy atom. The molecule has 0 aromatic rings. The average molecular weight is 190 g/mol. The third-order valence-corrected chi connectivity index (χ3v) is 2.75. The minimum atomic E-state index is 0.251. The van der Waals surface area contributed by atoms with Crippen LogP contribution in [0.2, 0.25) is 0 Å². The van der Waals surface area contributed by atoms with Crippen LogP contribution in [0.3, 0.4) is 0 Å². The Kier molecular flexibility index (Phi) is 1.82. The molecule has 1 saturated heterocycles. The van der Waals surface area contributed by atoms with E-state index in [1.165, 1.54) is 11.3 Å². The molecule has 3 aliphatic heterocycles. The van der Waals surface area contributed by atoms with Gasteiger partial charge < -0.3 is 10.6 Å².